The Morgan fingerprint density at radius 3 is 2.39 bits per heavy atom. The van der Waals surface area contributed by atoms with E-state index in [1.165, 1.54) is 28.1 Å². The largest absolute Gasteiger partial charge is 0.321 e. The summed E-state index contributed by atoms with van der Waals surface area (Å²) in [5.74, 6) is -0.187. The number of piperidine rings is 1. The van der Waals surface area contributed by atoms with Crippen LogP contribution in [0.2, 0.25) is 0 Å². The summed E-state index contributed by atoms with van der Waals surface area (Å²) in [7, 11) is -3.60. The molecule has 0 bridgehead atoms. The molecular weight excluding hydrogens is 410 g/mol. The van der Waals surface area contributed by atoms with Gasteiger partial charge < -0.3 is 5.32 Å². The minimum atomic E-state index is -3.60. The van der Waals surface area contributed by atoms with Crippen molar-refractivity contribution in [1.82, 2.24) is 4.31 Å². The average Bonchev–Trinajstić information content (AvgIpc) is 2.78. The van der Waals surface area contributed by atoms with Crippen molar-refractivity contribution < 1.29 is 13.2 Å². The number of benzene rings is 2. The van der Waals surface area contributed by atoms with Crippen molar-refractivity contribution in [2.45, 2.75) is 43.9 Å². The number of hydrogen-bond acceptors (Lipinski definition) is 4. The summed E-state index contributed by atoms with van der Waals surface area (Å²) >= 11 is 0. The second-order valence-electron chi connectivity index (χ2n) is 7.94. The fraction of sp³-hybridized carbons (Fsp3) is 0.333. The van der Waals surface area contributed by atoms with Crippen molar-refractivity contribution in [3.8, 4) is 6.07 Å². The van der Waals surface area contributed by atoms with E-state index in [9.17, 15) is 18.5 Å². The highest BCUT2D eigenvalue weighted by Crippen LogP contribution is 2.23. The SMILES string of the molecule is CC(C)c1ccc(C=C(C#N)C(=O)Nc2cccc(S(=O)(=O)N3CCCCC3)c2)cc1. The topological polar surface area (TPSA) is 90.3 Å². The molecule has 31 heavy (non-hydrogen) atoms. The first-order valence-corrected chi connectivity index (χ1v) is 11.9. The first-order valence-electron chi connectivity index (χ1n) is 10.4. The lowest BCUT2D eigenvalue weighted by Crippen LogP contribution is -2.35. The Labute approximate surface area is 184 Å². The van der Waals surface area contributed by atoms with E-state index < -0.39 is 15.9 Å². The zero-order valence-electron chi connectivity index (χ0n) is 17.8. The number of hydrogen-bond donors (Lipinski definition) is 1. The van der Waals surface area contributed by atoms with Crippen molar-refractivity contribution in [3.63, 3.8) is 0 Å². The van der Waals surface area contributed by atoms with E-state index in [0.29, 0.717) is 24.7 Å². The predicted octanol–water partition coefficient (Wildman–Crippen LogP) is 4.53. The molecule has 0 radical (unpaired) electrons. The highest BCUT2D eigenvalue weighted by Gasteiger charge is 2.26. The molecule has 162 valence electrons. The van der Waals surface area contributed by atoms with Crippen LogP contribution in [0, 0.1) is 11.3 Å². The van der Waals surface area contributed by atoms with Gasteiger partial charge in [-0.05, 0) is 54.2 Å². The van der Waals surface area contributed by atoms with Crippen LogP contribution in [0.1, 0.15) is 50.2 Å². The van der Waals surface area contributed by atoms with Gasteiger partial charge in [-0.1, -0.05) is 50.6 Å². The Morgan fingerprint density at radius 2 is 1.77 bits per heavy atom. The van der Waals surface area contributed by atoms with Crippen LogP contribution >= 0.6 is 0 Å². The molecule has 1 amide bonds. The minimum Gasteiger partial charge on any atom is -0.321 e. The van der Waals surface area contributed by atoms with Gasteiger partial charge in [0.1, 0.15) is 11.6 Å². The number of sulfonamides is 1. The Bertz CT molecular complexity index is 1110. The molecule has 1 saturated heterocycles. The van der Waals surface area contributed by atoms with Gasteiger partial charge in [0.2, 0.25) is 10.0 Å². The first-order chi connectivity index (χ1) is 14.8. The highest BCUT2D eigenvalue weighted by molar-refractivity contribution is 7.89. The first kappa shape index (κ1) is 22.7. The number of nitrogens with zero attached hydrogens (tertiary/aromatic N) is 2. The maximum atomic E-state index is 12.9. The lowest BCUT2D eigenvalue weighted by Gasteiger charge is -2.26. The normalized spacial score (nSPS) is 15.5. The van der Waals surface area contributed by atoms with Gasteiger partial charge in [-0.15, -0.1) is 0 Å². The quantitative estimate of drug-likeness (QED) is 0.531. The molecule has 2 aromatic carbocycles. The van der Waals surface area contributed by atoms with E-state index in [1.54, 1.807) is 12.1 Å². The summed E-state index contributed by atoms with van der Waals surface area (Å²) in [4.78, 5) is 12.8. The van der Waals surface area contributed by atoms with Gasteiger partial charge in [0.15, 0.2) is 0 Å². The van der Waals surface area contributed by atoms with Crippen LogP contribution in [-0.4, -0.2) is 31.7 Å². The van der Waals surface area contributed by atoms with E-state index >= 15 is 0 Å². The summed E-state index contributed by atoms with van der Waals surface area (Å²) in [5, 5.41) is 12.1. The van der Waals surface area contributed by atoms with Crippen LogP contribution in [0.5, 0.6) is 0 Å². The van der Waals surface area contributed by atoms with Gasteiger partial charge in [-0.25, -0.2) is 8.42 Å². The summed E-state index contributed by atoms with van der Waals surface area (Å²) in [5.41, 5.74) is 2.20. The van der Waals surface area contributed by atoms with E-state index in [0.717, 1.165) is 24.8 Å². The summed E-state index contributed by atoms with van der Waals surface area (Å²) in [6.07, 6.45) is 4.26. The number of rotatable bonds is 6. The van der Waals surface area contributed by atoms with Gasteiger partial charge >= 0.3 is 0 Å². The molecule has 0 spiro atoms. The lowest BCUT2D eigenvalue weighted by molar-refractivity contribution is -0.112. The molecule has 0 aliphatic carbocycles. The van der Waals surface area contributed by atoms with Gasteiger partial charge in [0.25, 0.3) is 5.91 Å². The molecule has 1 N–H and O–H groups in total. The van der Waals surface area contributed by atoms with Crippen LogP contribution in [0.15, 0.2) is 59.0 Å². The number of nitriles is 1. The molecule has 1 fully saturated rings. The molecule has 1 aliphatic rings. The Kier molecular flexibility index (Phi) is 7.26. The zero-order chi connectivity index (χ0) is 22.4. The second kappa shape index (κ2) is 9.90. The number of carbonyl (C=O) groups is 1. The van der Waals surface area contributed by atoms with Gasteiger partial charge in [-0.2, -0.15) is 9.57 Å². The molecule has 2 aromatic rings. The number of amides is 1. The summed E-state index contributed by atoms with van der Waals surface area (Å²) in [6, 6.07) is 15.8. The maximum Gasteiger partial charge on any atom is 0.266 e. The number of nitrogens with one attached hydrogen (secondary N) is 1. The van der Waals surface area contributed by atoms with Crippen LogP contribution in [-0.2, 0) is 14.8 Å². The molecule has 1 aliphatic heterocycles. The van der Waals surface area contributed by atoms with Gasteiger partial charge in [0.05, 0.1) is 4.90 Å². The molecule has 0 saturated carbocycles. The molecule has 0 atom stereocenters. The van der Waals surface area contributed by atoms with Crippen molar-refractivity contribution in [1.29, 1.82) is 5.26 Å². The molecule has 0 aromatic heterocycles. The zero-order valence-corrected chi connectivity index (χ0v) is 18.7. The lowest BCUT2D eigenvalue weighted by atomic mass is 10.0. The van der Waals surface area contributed by atoms with Crippen molar-refractivity contribution >= 4 is 27.7 Å². The summed E-state index contributed by atoms with van der Waals surface area (Å²) < 4.78 is 27.2. The van der Waals surface area contributed by atoms with Crippen LogP contribution < -0.4 is 5.32 Å². The van der Waals surface area contributed by atoms with Gasteiger partial charge in [-0.3, -0.25) is 4.79 Å². The molecule has 3 rings (SSSR count). The Balaban J connectivity index is 1.77. The third-order valence-electron chi connectivity index (χ3n) is 5.32. The monoisotopic (exact) mass is 437 g/mol. The van der Waals surface area contributed by atoms with Gasteiger partial charge in [0, 0.05) is 18.8 Å². The van der Waals surface area contributed by atoms with Crippen LogP contribution in [0.3, 0.4) is 0 Å². The smallest absolute Gasteiger partial charge is 0.266 e. The van der Waals surface area contributed by atoms with Crippen LogP contribution in [0.25, 0.3) is 6.08 Å². The maximum absolute atomic E-state index is 12.9. The van der Waals surface area contributed by atoms with Crippen molar-refractivity contribution in [3.05, 3.63) is 65.2 Å². The van der Waals surface area contributed by atoms with E-state index in [1.807, 2.05) is 30.3 Å². The van der Waals surface area contributed by atoms with E-state index in [4.69, 9.17) is 0 Å². The fourth-order valence-corrected chi connectivity index (χ4v) is 5.04. The molecule has 1 heterocycles. The van der Waals surface area contributed by atoms with E-state index in [-0.39, 0.29) is 10.5 Å². The minimum absolute atomic E-state index is 0.0541. The molecular formula is C24H27N3O3S. The number of anilines is 1. The summed E-state index contributed by atoms with van der Waals surface area (Å²) in [6.45, 7) is 5.21. The number of carbonyl (C=O) groups excluding carboxylic acids is 1. The molecule has 7 heteroatoms. The third kappa shape index (κ3) is 5.60. The van der Waals surface area contributed by atoms with Crippen molar-refractivity contribution in [2.24, 2.45) is 0 Å². The average molecular weight is 438 g/mol. The predicted molar refractivity (Wildman–Crippen MR) is 122 cm³/mol. The molecule has 6 nitrogen and oxygen atoms in total. The molecule has 0 unspecified atom stereocenters. The second-order valence-corrected chi connectivity index (χ2v) is 9.88. The van der Waals surface area contributed by atoms with Crippen LogP contribution in [0.4, 0.5) is 5.69 Å². The highest BCUT2D eigenvalue weighted by atomic mass is 32.2. The van der Waals surface area contributed by atoms with Crippen molar-refractivity contribution in [2.75, 3.05) is 18.4 Å². The standard InChI is InChI=1S/C24H27N3O3S/c1-18(2)20-11-9-19(10-12-20)15-21(17-25)24(28)26-22-7-6-8-23(16-22)31(29,30)27-13-4-3-5-14-27/h6-12,15-16,18H,3-5,13-14H2,1-2H3,(H,26,28). The van der Waals surface area contributed by atoms with E-state index in [2.05, 4.69) is 19.2 Å². The third-order valence-corrected chi connectivity index (χ3v) is 7.22. The fourth-order valence-electron chi connectivity index (χ4n) is 3.48. The Morgan fingerprint density at radius 1 is 1.10 bits per heavy atom. The Hall–Kier alpha value is -2.95.